The van der Waals surface area contributed by atoms with Gasteiger partial charge in [-0.25, -0.2) is 9.78 Å². The Morgan fingerprint density at radius 3 is 2.63 bits per heavy atom. The summed E-state index contributed by atoms with van der Waals surface area (Å²) in [6.45, 7) is 4.68. The summed E-state index contributed by atoms with van der Waals surface area (Å²) in [6.07, 6.45) is 0. The fourth-order valence-electron chi connectivity index (χ4n) is 3.51. The summed E-state index contributed by atoms with van der Waals surface area (Å²) in [6, 6.07) is 5.45. The predicted octanol–water partition coefficient (Wildman–Crippen LogP) is 0.347. The van der Waals surface area contributed by atoms with Crippen LogP contribution in [0.25, 0.3) is 22.6 Å². The Morgan fingerprint density at radius 1 is 1.13 bits per heavy atom. The Hall–Kier alpha value is -3.11. The summed E-state index contributed by atoms with van der Waals surface area (Å²) in [5, 5.41) is 0. The van der Waals surface area contributed by atoms with Gasteiger partial charge in [0.1, 0.15) is 17.9 Å². The molecule has 10 nitrogen and oxygen atoms in total. The molecule has 1 aromatic carbocycles. The third kappa shape index (κ3) is 3.71. The van der Waals surface area contributed by atoms with E-state index in [1.165, 1.54) is 11.6 Å². The highest BCUT2D eigenvalue weighted by atomic mass is 16.5. The molecule has 3 heterocycles. The molecule has 0 radical (unpaired) electrons. The SMILES string of the molecule is COc1cc(-c2nc3c([nH]2)c(=O)n(C)c(=O)n3C)ccc1OCCN1CCOCC1. The molecule has 1 aliphatic rings. The van der Waals surface area contributed by atoms with Crippen LogP contribution in [-0.4, -0.2) is 70.6 Å². The number of nitrogens with one attached hydrogen (secondary N) is 1. The number of ether oxygens (including phenoxy) is 3. The van der Waals surface area contributed by atoms with Gasteiger partial charge in [-0.05, 0) is 18.2 Å². The van der Waals surface area contributed by atoms with E-state index in [-0.39, 0.29) is 5.52 Å². The Labute approximate surface area is 172 Å². The second kappa shape index (κ2) is 8.33. The van der Waals surface area contributed by atoms with Crippen molar-refractivity contribution in [3.05, 3.63) is 39.0 Å². The number of hydrogen-bond acceptors (Lipinski definition) is 7. The molecule has 0 saturated carbocycles. The molecule has 1 N–H and O–H groups in total. The lowest BCUT2D eigenvalue weighted by Crippen LogP contribution is -2.38. The monoisotopic (exact) mass is 415 g/mol. The second-order valence-corrected chi connectivity index (χ2v) is 7.16. The fourth-order valence-corrected chi connectivity index (χ4v) is 3.51. The summed E-state index contributed by atoms with van der Waals surface area (Å²) in [4.78, 5) is 34.3. The van der Waals surface area contributed by atoms with E-state index in [0.717, 1.165) is 43.0 Å². The standard InChI is InChI=1S/C20H25N5O5/c1-23-18-16(19(26)24(2)20(23)27)21-17(22-18)13-4-5-14(15(12-13)28-3)30-11-8-25-6-9-29-10-7-25/h4-5,12H,6-11H2,1-3H3,(H,21,22). The minimum absolute atomic E-state index is 0.277. The number of aryl methyl sites for hydroxylation is 1. The van der Waals surface area contributed by atoms with Crippen LogP contribution in [0.2, 0.25) is 0 Å². The number of rotatable bonds is 6. The quantitative estimate of drug-likeness (QED) is 0.619. The smallest absolute Gasteiger partial charge is 0.332 e. The molecule has 2 aromatic heterocycles. The second-order valence-electron chi connectivity index (χ2n) is 7.16. The normalized spacial score (nSPS) is 14.9. The van der Waals surface area contributed by atoms with Crippen LogP contribution in [-0.2, 0) is 18.8 Å². The molecule has 0 unspecified atom stereocenters. The Bertz CT molecular complexity index is 1170. The molecule has 0 bridgehead atoms. The lowest BCUT2D eigenvalue weighted by molar-refractivity contribution is 0.0321. The average Bonchev–Trinajstić information content (AvgIpc) is 3.23. The predicted molar refractivity (Wildman–Crippen MR) is 111 cm³/mol. The summed E-state index contributed by atoms with van der Waals surface area (Å²) in [5.41, 5.74) is 0.467. The summed E-state index contributed by atoms with van der Waals surface area (Å²) < 4.78 is 19.2. The fraction of sp³-hybridized carbons (Fsp3) is 0.450. The van der Waals surface area contributed by atoms with Crippen LogP contribution in [0.15, 0.2) is 27.8 Å². The molecule has 4 rings (SSSR count). The number of aromatic nitrogens is 4. The minimum Gasteiger partial charge on any atom is -0.493 e. The first-order valence-electron chi connectivity index (χ1n) is 9.76. The van der Waals surface area contributed by atoms with Crippen LogP contribution in [0.1, 0.15) is 0 Å². The molecule has 3 aromatic rings. The largest absolute Gasteiger partial charge is 0.493 e. The molecule has 30 heavy (non-hydrogen) atoms. The topological polar surface area (TPSA) is 104 Å². The van der Waals surface area contributed by atoms with Crippen molar-refractivity contribution < 1.29 is 14.2 Å². The molecular formula is C20H25N5O5. The van der Waals surface area contributed by atoms with Gasteiger partial charge >= 0.3 is 5.69 Å². The Morgan fingerprint density at radius 2 is 1.90 bits per heavy atom. The zero-order valence-corrected chi connectivity index (χ0v) is 17.3. The highest BCUT2D eigenvalue weighted by Crippen LogP contribution is 2.32. The van der Waals surface area contributed by atoms with E-state index >= 15 is 0 Å². The molecular weight excluding hydrogens is 390 g/mol. The van der Waals surface area contributed by atoms with E-state index in [0.29, 0.717) is 29.6 Å². The maximum absolute atomic E-state index is 12.4. The zero-order valence-electron chi connectivity index (χ0n) is 17.3. The van der Waals surface area contributed by atoms with Crippen LogP contribution in [0.3, 0.4) is 0 Å². The maximum Gasteiger partial charge on any atom is 0.332 e. The number of nitrogens with zero attached hydrogens (tertiary/aromatic N) is 4. The maximum atomic E-state index is 12.4. The van der Waals surface area contributed by atoms with Crippen LogP contribution in [0.4, 0.5) is 0 Å². The van der Waals surface area contributed by atoms with Gasteiger partial charge in [0, 0.05) is 39.3 Å². The number of hydrogen-bond donors (Lipinski definition) is 1. The van der Waals surface area contributed by atoms with E-state index in [1.54, 1.807) is 20.2 Å². The molecule has 0 aliphatic carbocycles. The van der Waals surface area contributed by atoms with Crippen molar-refractivity contribution in [1.82, 2.24) is 24.0 Å². The van der Waals surface area contributed by atoms with Crippen molar-refractivity contribution in [1.29, 1.82) is 0 Å². The third-order valence-electron chi connectivity index (χ3n) is 5.30. The number of fused-ring (bicyclic) bond motifs is 1. The number of H-pyrrole nitrogens is 1. The third-order valence-corrected chi connectivity index (χ3v) is 5.30. The van der Waals surface area contributed by atoms with Gasteiger partial charge in [-0.3, -0.25) is 18.8 Å². The van der Waals surface area contributed by atoms with Gasteiger partial charge in [0.2, 0.25) is 0 Å². The van der Waals surface area contributed by atoms with Crippen LogP contribution >= 0.6 is 0 Å². The van der Waals surface area contributed by atoms with Crippen molar-refractivity contribution in [3.63, 3.8) is 0 Å². The van der Waals surface area contributed by atoms with Crippen LogP contribution in [0.5, 0.6) is 11.5 Å². The van der Waals surface area contributed by atoms with Gasteiger partial charge in [0.05, 0.1) is 20.3 Å². The highest BCUT2D eigenvalue weighted by molar-refractivity contribution is 5.76. The van der Waals surface area contributed by atoms with Gasteiger partial charge in [-0.15, -0.1) is 0 Å². The lowest BCUT2D eigenvalue weighted by Gasteiger charge is -2.26. The zero-order chi connectivity index (χ0) is 21.3. The van der Waals surface area contributed by atoms with Gasteiger partial charge in [-0.2, -0.15) is 0 Å². The van der Waals surface area contributed by atoms with Crippen molar-refractivity contribution in [2.24, 2.45) is 14.1 Å². The van der Waals surface area contributed by atoms with E-state index in [4.69, 9.17) is 14.2 Å². The summed E-state index contributed by atoms with van der Waals surface area (Å²) >= 11 is 0. The first kappa shape index (κ1) is 20.2. The van der Waals surface area contributed by atoms with Crippen molar-refractivity contribution >= 4 is 11.2 Å². The van der Waals surface area contributed by atoms with E-state index in [1.807, 2.05) is 12.1 Å². The molecule has 0 atom stereocenters. The van der Waals surface area contributed by atoms with Crippen molar-refractivity contribution in [3.8, 4) is 22.9 Å². The number of imidazole rings is 1. The van der Waals surface area contributed by atoms with Crippen molar-refractivity contribution in [2.45, 2.75) is 0 Å². The molecule has 160 valence electrons. The summed E-state index contributed by atoms with van der Waals surface area (Å²) in [7, 11) is 4.60. The lowest BCUT2D eigenvalue weighted by atomic mass is 10.2. The molecule has 10 heteroatoms. The van der Waals surface area contributed by atoms with Gasteiger partial charge in [-0.1, -0.05) is 0 Å². The van der Waals surface area contributed by atoms with Crippen molar-refractivity contribution in [2.75, 3.05) is 46.6 Å². The van der Waals surface area contributed by atoms with Crippen LogP contribution < -0.4 is 20.7 Å². The average molecular weight is 415 g/mol. The molecule has 1 fully saturated rings. The van der Waals surface area contributed by atoms with E-state index in [2.05, 4.69) is 14.9 Å². The number of benzene rings is 1. The molecule has 1 aliphatic heterocycles. The molecule has 0 spiro atoms. The van der Waals surface area contributed by atoms with E-state index < -0.39 is 11.2 Å². The number of methoxy groups -OCH3 is 1. The van der Waals surface area contributed by atoms with Gasteiger partial charge in [0.15, 0.2) is 17.1 Å². The molecule has 0 amide bonds. The van der Waals surface area contributed by atoms with E-state index in [9.17, 15) is 9.59 Å². The highest BCUT2D eigenvalue weighted by Gasteiger charge is 2.16. The summed E-state index contributed by atoms with van der Waals surface area (Å²) in [5.74, 6) is 1.67. The number of aromatic amines is 1. The molecule has 1 saturated heterocycles. The minimum atomic E-state index is -0.424. The van der Waals surface area contributed by atoms with Gasteiger partial charge in [0.25, 0.3) is 5.56 Å². The van der Waals surface area contributed by atoms with Gasteiger partial charge < -0.3 is 19.2 Å². The first-order chi connectivity index (χ1) is 14.5. The Balaban J connectivity index is 1.58. The van der Waals surface area contributed by atoms with Crippen LogP contribution in [0, 0.1) is 0 Å². The Kier molecular flexibility index (Phi) is 5.60. The number of morpholine rings is 1. The first-order valence-corrected chi connectivity index (χ1v) is 9.76.